The SMILES string of the molecule is O=c1[nH]c(C2CCCCC2)nc2c1CN(Cc1cccc(Cl)c1)CC2. The van der Waals surface area contributed by atoms with Crippen LogP contribution in [-0.4, -0.2) is 21.4 Å². The van der Waals surface area contributed by atoms with E-state index in [-0.39, 0.29) is 5.56 Å². The summed E-state index contributed by atoms with van der Waals surface area (Å²) in [5.74, 6) is 1.36. The fourth-order valence-electron chi connectivity index (χ4n) is 4.10. The van der Waals surface area contributed by atoms with Gasteiger partial charge in [0.1, 0.15) is 5.82 Å². The van der Waals surface area contributed by atoms with Crippen LogP contribution in [0.25, 0.3) is 0 Å². The molecule has 5 heteroatoms. The first-order valence-electron chi connectivity index (χ1n) is 9.28. The molecule has 0 amide bonds. The highest BCUT2D eigenvalue weighted by molar-refractivity contribution is 6.30. The van der Waals surface area contributed by atoms with Crippen LogP contribution < -0.4 is 5.56 Å². The van der Waals surface area contributed by atoms with E-state index in [0.29, 0.717) is 12.5 Å². The molecule has 1 aromatic carbocycles. The van der Waals surface area contributed by atoms with Crippen molar-refractivity contribution >= 4 is 11.6 Å². The second kappa shape index (κ2) is 7.30. The van der Waals surface area contributed by atoms with Crippen molar-refractivity contribution < 1.29 is 0 Å². The molecule has 2 aliphatic rings. The van der Waals surface area contributed by atoms with Crippen molar-refractivity contribution in [1.82, 2.24) is 14.9 Å². The molecule has 0 atom stereocenters. The molecule has 0 bridgehead atoms. The van der Waals surface area contributed by atoms with Crippen LogP contribution in [0.2, 0.25) is 5.02 Å². The first kappa shape index (κ1) is 16.8. The van der Waals surface area contributed by atoms with E-state index in [0.717, 1.165) is 54.5 Å². The molecule has 25 heavy (non-hydrogen) atoms. The molecule has 0 radical (unpaired) electrons. The van der Waals surface area contributed by atoms with Crippen molar-refractivity contribution in [1.29, 1.82) is 0 Å². The minimum atomic E-state index is 0.0568. The summed E-state index contributed by atoms with van der Waals surface area (Å²) in [6.45, 7) is 2.40. The highest BCUT2D eigenvalue weighted by atomic mass is 35.5. The molecular weight excluding hydrogens is 334 g/mol. The Balaban J connectivity index is 1.52. The molecule has 1 fully saturated rings. The number of H-pyrrole nitrogens is 1. The molecule has 1 aromatic heterocycles. The summed E-state index contributed by atoms with van der Waals surface area (Å²) >= 11 is 6.08. The Bertz CT molecular complexity index is 811. The molecule has 0 unspecified atom stereocenters. The van der Waals surface area contributed by atoms with Crippen molar-refractivity contribution in [3.05, 3.63) is 62.3 Å². The van der Waals surface area contributed by atoms with Crippen LogP contribution in [0.1, 0.15) is 60.7 Å². The number of fused-ring (bicyclic) bond motifs is 1. The molecule has 132 valence electrons. The van der Waals surface area contributed by atoms with Crippen LogP contribution in [0.3, 0.4) is 0 Å². The second-order valence-corrected chi connectivity index (χ2v) is 7.74. The summed E-state index contributed by atoms with van der Waals surface area (Å²) in [5.41, 5.74) is 3.08. The lowest BCUT2D eigenvalue weighted by Crippen LogP contribution is -2.36. The highest BCUT2D eigenvalue weighted by Gasteiger charge is 2.24. The van der Waals surface area contributed by atoms with Gasteiger partial charge >= 0.3 is 0 Å². The van der Waals surface area contributed by atoms with Crippen LogP contribution in [0.4, 0.5) is 0 Å². The number of benzene rings is 1. The van der Waals surface area contributed by atoms with Crippen LogP contribution in [0, 0.1) is 0 Å². The zero-order chi connectivity index (χ0) is 17.2. The van der Waals surface area contributed by atoms with Gasteiger partial charge in [-0.1, -0.05) is 43.0 Å². The average molecular weight is 358 g/mol. The molecule has 1 N–H and O–H groups in total. The Hall–Kier alpha value is -1.65. The summed E-state index contributed by atoms with van der Waals surface area (Å²) in [4.78, 5) is 22.9. The van der Waals surface area contributed by atoms with Crippen molar-refractivity contribution in [2.45, 2.75) is 57.5 Å². The number of aromatic amines is 1. The van der Waals surface area contributed by atoms with E-state index in [1.165, 1.54) is 24.8 Å². The fourth-order valence-corrected chi connectivity index (χ4v) is 4.31. The molecule has 1 saturated carbocycles. The Morgan fingerprint density at radius 2 is 2.08 bits per heavy atom. The van der Waals surface area contributed by atoms with Gasteiger partial charge in [0.05, 0.1) is 11.3 Å². The maximum Gasteiger partial charge on any atom is 0.255 e. The molecule has 1 aliphatic heterocycles. The fraction of sp³-hybridized carbons (Fsp3) is 0.500. The van der Waals surface area contributed by atoms with E-state index in [1.54, 1.807) is 0 Å². The number of aromatic nitrogens is 2. The van der Waals surface area contributed by atoms with E-state index in [1.807, 2.05) is 18.2 Å². The summed E-state index contributed by atoms with van der Waals surface area (Å²) in [7, 11) is 0. The quantitative estimate of drug-likeness (QED) is 0.902. The maximum atomic E-state index is 12.6. The minimum absolute atomic E-state index is 0.0568. The van der Waals surface area contributed by atoms with Crippen molar-refractivity contribution in [3.8, 4) is 0 Å². The molecule has 4 rings (SSSR count). The van der Waals surface area contributed by atoms with Crippen molar-refractivity contribution in [3.63, 3.8) is 0 Å². The molecule has 1 aliphatic carbocycles. The van der Waals surface area contributed by atoms with Gasteiger partial charge in [-0.2, -0.15) is 0 Å². The predicted molar refractivity (Wildman–Crippen MR) is 100.0 cm³/mol. The van der Waals surface area contributed by atoms with Crippen LogP contribution in [0.15, 0.2) is 29.1 Å². The smallest absolute Gasteiger partial charge is 0.255 e. The standard InChI is InChI=1S/C20H24ClN3O/c21-16-8-4-5-14(11-16)12-24-10-9-18-17(13-24)20(25)23-19(22-18)15-6-2-1-3-7-15/h4-5,8,11,15H,1-3,6-7,9-10,12-13H2,(H,22,23,25). The molecule has 0 spiro atoms. The third kappa shape index (κ3) is 3.80. The summed E-state index contributed by atoms with van der Waals surface area (Å²) in [5, 5.41) is 0.756. The normalized spacial score (nSPS) is 18.9. The third-order valence-corrected chi connectivity index (χ3v) is 5.69. The predicted octanol–water partition coefficient (Wildman–Crippen LogP) is 4.03. The largest absolute Gasteiger partial charge is 0.310 e. The van der Waals surface area contributed by atoms with E-state index >= 15 is 0 Å². The molecular formula is C20H24ClN3O. The second-order valence-electron chi connectivity index (χ2n) is 7.30. The van der Waals surface area contributed by atoms with Gasteiger partial charge in [-0.25, -0.2) is 4.98 Å². The van der Waals surface area contributed by atoms with Gasteiger partial charge in [-0.3, -0.25) is 9.69 Å². The van der Waals surface area contributed by atoms with Gasteiger partial charge in [-0.05, 0) is 30.5 Å². The first-order chi connectivity index (χ1) is 12.2. The van der Waals surface area contributed by atoms with Gasteiger partial charge in [0, 0.05) is 37.0 Å². The number of hydrogen-bond acceptors (Lipinski definition) is 3. The summed E-state index contributed by atoms with van der Waals surface area (Å²) in [6.07, 6.45) is 6.96. The topological polar surface area (TPSA) is 49.0 Å². The monoisotopic (exact) mass is 357 g/mol. The van der Waals surface area contributed by atoms with Crippen LogP contribution in [0.5, 0.6) is 0 Å². The number of rotatable bonds is 3. The zero-order valence-electron chi connectivity index (χ0n) is 14.4. The zero-order valence-corrected chi connectivity index (χ0v) is 15.2. The minimum Gasteiger partial charge on any atom is -0.310 e. The lowest BCUT2D eigenvalue weighted by Gasteiger charge is -2.29. The number of hydrogen-bond donors (Lipinski definition) is 1. The van der Waals surface area contributed by atoms with E-state index in [4.69, 9.17) is 16.6 Å². The Labute approximate surface area is 153 Å². The summed E-state index contributed by atoms with van der Waals surface area (Å²) in [6, 6.07) is 7.93. The van der Waals surface area contributed by atoms with Crippen LogP contribution >= 0.6 is 11.6 Å². The van der Waals surface area contributed by atoms with Gasteiger partial charge < -0.3 is 4.98 Å². The van der Waals surface area contributed by atoms with E-state index < -0.39 is 0 Å². The van der Waals surface area contributed by atoms with Gasteiger partial charge in [-0.15, -0.1) is 0 Å². The molecule has 0 saturated heterocycles. The third-order valence-electron chi connectivity index (χ3n) is 5.45. The van der Waals surface area contributed by atoms with E-state index in [9.17, 15) is 4.79 Å². The summed E-state index contributed by atoms with van der Waals surface area (Å²) < 4.78 is 0. The number of halogens is 1. The molecule has 2 heterocycles. The van der Waals surface area contributed by atoms with Gasteiger partial charge in [0.15, 0.2) is 0 Å². The molecule has 2 aromatic rings. The van der Waals surface area contributed by atoms with Gasteiger partial charge in [0.2, 0.25) is 0 Å². The Morgan fingerprint density at radius 1 is 1.24 bits per heavy atom. The van der Waals surface area contributed by atoms with E-state index in [2.05, 4.69) is 16.0 Å². The lowest BCUT2D eigenvalue weighted by molar-refractivity contribution is 0.241. The molecule has 4 nitrogen and oxygen atoms in total. The number of nitrogens with one attached hydrogen (secondary N) is 1. The van der Waals surface area contributed by atoms with Crippen molar-refractivity contribution in [2.24, 2.45) is 0 Å². The Kier molecular flexibility index (Phi) is 4.91. The van der Waals surface area contributed by atoms with Crippen molar-refractivity contribution in [2.75, 3.05) is 6.54 Å². The van der Waals surface area contributed by atoms with Gasteiger partial charge in [0.25, 0.3) is 5.56 Å². The Morgan fingerprint density at radius 3 is 2.88 bits per heavy atom. The maximum absolute atomic E-state index is 12.6. The lowest BCUT2D eigenvalue weighted by atomic mass is 9.88. The highest BCUT2D eigenvalue weighted by Crippen LogP contribution is 2.30. The van der Waals surface area contributed by atoms with Crippen LogP contribution in [-0.2, 0) is 19.5 Å². The first-order valence-corrected chi connectivity index (χ1v) is 9.65. The average Bonchev–Trinajstić information content (AvgIpc) is 2.63. The number of nitrogens with zero attached hydrogens (tertiary/aromatic N) is 2.